The average Bonchev–Trinajstić information content (AvgIpc) is 2.37. The Bertz CT molecular complexity index is 484. The minimum absolute atomic E-state index is 0.112. The molecule has 0 saturated carbocycles. The Kier molecular flexibility index (Phi) is 5.75. The zero-order valence-electron chi connectivity index (χ0n) is 15.4. The van der Waals surface area contributed by atoms with Crippen molar-refractivity contribution in [3.05, 3.63) is 48.1 Å². The highest BCUT2D eigenvalue weighted by molar-refractivity contribution is 5.20. The summed E-state index contributed by atoms with van der Waals surface area (Å²) < 4.78 is 0. The van der Waals surface area contributed by atoms with Crippen LogP contribution in [0.15, 0.2) is 48.1 Å². The maximum atomic E-state index is 3.44. The van der Waals surface area contributed by atoms with E-state index in [1.165, 1.54) is 11.4 Å². The molecule has 0 radical (unpaired) electrons. The van der Waals surface area contributed by atoms with Crippen molar-refractivity contribution in [2.24, 2.45) is 5.41 Å². The van der Waals surface area contributed by atoms with Crippen molar-refractivity contribution < 1.29 is 0 Å². The van der Waals surface area contributed by atoms with Gasteiger partial charge in [-0.25, -0.2) is 0 Å². The van der Waals surface area contributed by atoms with Crippen LogP contribution >= 0.6 is 0 Å². The second kappa shape index (κ2) is 6.95. The largest absolute Gasteiger partial charge is 0.304 e. The molecule has 0 unspecified atom stereocenters. The molecule has 0 aromatic heterocycles. The van der Waals surface area contributed by atoms with Crippen LogP contribution in [0.1, 0.15) is 48.5 Å². The standard InChI is InChI=1S/C12H22N2.C6H10N2/c1-11(2,3)10-8-7-9-14(13-10)12(4,5)6;1-6-4-3-5-8(2)7-6/h7-9,13H,1-6H3;3-5,7H,1-2H3. The summed E-state index contributed by atoms with van der Waals surface area (Å²) in [6.45, 7) is 15.2. The molecular formula is C18H32N4. The van der Waals surface area contributed by atoms with Gasteiger partial charge in [-0.15, -0.1) is 0 Å². The molecule has 0 fully saturated rings. The summed E-state index contributed by atoms with van der Waals surface area (Å²) in [6, 6.07) is 0. The maximum Gasteiger partial charge on any atom is 0.0521 e. The third-order valence-corrected chi connectivity index (χ3v) is 3.28. The van der Waals surface area contributed by atoms with Crippen LogP contribution in [0, 0.1) is 5.41 Å². The van der Waals surface area contributed by atoms with Gasteiger partial charge in [0.05, 0.1) is 5.54 Å². The van der Waals surface area contributed by atoms with Crippen LogP contribution < -0.4 is 10.9 Å². The zero-order valence-corrected chi connectivity index (χ0v) is 15.4. The second-order valence-corrected chi connectivity index (χ2v) is 7.74. The van der Waals surface area contributed by atoms with E-state index in [0.717, 1.165) is 0 Å². The highest BCUT2D eigenvalue weighted by Crippen LogP contribution is 2.26. The smallest absolute Gasteiger partial charge is 0.0521 e. The summed E-state index contributed by atoms with van der Waals surface area (Å²) in [5, 5.41) is 4.06. The molecule has 0 saturated heterocycles. The average molecular weight is 304 g/mol. The lowest BCUT2D eigenvalue weighted by Gasteiger charge is -2.40. The number of hydrogen-bond donors (Lipinski definition) is 2. The van der Waals surface area contributed by atoms with E-state index in [4.69, 9.17) is 0 Å². The van der Waals surface area contributed by atoms with E-state index in [2.05, 4.69) is 75.8 Å². The molecule has 0 aliphatic carbocycles. The summed E-state index contributed by atoms with van der Waals surface area (Å²) >= 11 is 0. The molecule has 0 atom stereocenters. The van der Waals surface area contributed by atoms with Gasteiger partial charge in [0.25, 0.3) is 0 Å². The minimum atomic E-state index is 0.112. The lowest BCUT2D eigenvalue weighted by molar-refractivity contribution is 0.138. The third-order valence-electron chi connectivity index (χ3n) is 3.28. The number of allylic oxidation sites excluding steroid dienone is 6. The van der Waals surface area contributed by atoms with Crippen LogP contribution in [0.2, 0.25) is 0 Å². The fraction of sp³-hybridized carbons (Fsp3) is 0.556. The molecule has 0 bridgehead atoms. The lowest BCUT2D eigenvalue weighted by atomic mass is 9.91. The van der Waals surface area contributed by atoms with Crippen LogP contribution in [0.4, 0.5) is 0 Å². The van der Waals surface area contributed by atoms with Gasteiger partial charge in [-0.3, -0.25) is 10.0 Å². The van der Waals surface area contributed by atoms with Crippen molar-refractivity contribution in [1.29, 1.82) is 0 Å². The van der Waals surface area contributed by atoms with E-state index in [0.29, 0.717) is 0 Å². The number of nitrogens with zero attached hydrogens (tertiary/aromatic N) is 2. The highest BCUT2D eigenvalue weighted by Gasteiger charge is 2.25. The Hall–Kier alpha value is -1.84. The maximum absolute atomic E-state index is 3.44. The van der Waals surface area contributed by atoms with Gasteiger partial charge in [-0.05, 0) is 52.0 Å². The SMILES string of the molecule is CC(C)(C)C1=CC=CN(C(C)(C)C)N1.CC1=CC=CN(C)N1. The molecule has 0 spiro atoms. The molecule has 0 aromatic rings. The van der Waals surface area contributed by atoms with Crippen molar-refractivity contribution >= 4 is 0 Å². The zero-order chi connectivity index (χ0) is 17.0. The van der Waals surface area contributed by atoms with Crippen molar-refractivity contribution in [3.8, 4) is 0 Å². The van der Waals surface area contributed by atoms with Gasteiger partial charge in [0, 0.05) is 36.3 Å². The van der Waals surface area contributed by atoms with Crippen molar-refractivity contribution in [2.45, 2.75) is 54.0 Å². The summed E-state index contributed by atoms with van der Waals surface area (Å²) in [4.78, 5) is 0. The van der Waals surface area contributed by atoms with E-state index in [9.17, 15) is 0 Å². The first kappa shape index (κ1) is 18.2. The molecule has 2 aliphatic heterocycles. The van der Waals surface area contributed by atoms with Crippen molar-refractivity contribution in [2.75, 3.05) is 7.05 Å². The first-order valence-corrected chi connectivity index (χ1v) is 7.80. The van der Waals surface area contributed by atoms with Crippen LogP contribution in [-0.2, 0) is 0 Å². The van der Waals surface area contributed by atoms with Crippen molar-refractivity contribution in [3.63, 3.8) is 0 Å². The minimum Gasteiger partial charge on any atom is -0.304 e. The Balaban J connectivity index is 0.000000255. The molecule has 124 valence electrons. The summed E-state index contributed by atoms with van der Waals surface area (Å²) in [7, 11) is 1.97. The number of rotatable bonds is 0. The van der Waals surface area contributed by atoms with E-state index < -0.39 is 0 Å². The van der Waals surface area contributed by atoms with Gasteiger partial charge in [-0.1, -0.05) is 20.8 Å². The summed E-state index contributed by atoms with van der Waals surface area (Å²) in [6.07, 6.45) is 12.3. The van der Waals surface area contributed by atoms with E-state index in [1.54, 1.807) is 0 Å². The monoisotopic (exact) mass is 304 g/mol. The summed E-state index contributed by atoms with van der Waals surface area (Å²) in [5.41, 5.74) is 9.25. The van der Waals surface area contributed by atoms with Crippen LogP contribution in [0.25, 0.3) is 0 Å². The van der Waals surface area contributed by atoms with Gasteiger partial charge in [0.1, 0.15) is 0 Å². The number of nitrogens with one attached hydrogen (secondary N) is 2. The molecule has 0 amide bonds. The number of hydrazine groups is 2. The van der Waals surface area contributed by atoms with E-state index >= 15 is 0 Å². The third kappa shape index (κ3) is 5.88. The van der Waals surface area contributed by atoms with Crippen molar-refractivity contribution in [1.82, 2.24) is 20.9 Å². The quantitative estimate of drug-likeness (QED) is 0.710. The van der Waals surface area contributed by atoms with Crippen LogP contribution in [0.3, 0.4) is 0 Å². The van der Waals surface area contributed by atoms with Gasteiger partial charge < -0.3 is 10.9 Å². The fourth-order valence-electron chi connectivity index (χ4n) is 1.91. The predicted octanol–water partition coefficient (Wildman–Crippen LogP) is 3.90. The first-order valence-electron chi connectivity index (χ1n) is 7.80. The molecule has 22 heavy (non-hydrogen) atoms. The molecule has 4 heteroatoms. The molecule has 4 nitrogen and oxygen atoms in total. The summed E-state index contributed by atoms with van der Waals surface area (Å²) in [5.74, 6) is 0. The highest BCUT2D eigenvalue weighted by atomic mass is 15.5. The Labute approximate surface area is 136 Å². The van der Waals surface area contributed by atoms with Crippen LogP contribution in [0.5, 0.6) is 0 Å². The molecule has 2 rings (SSSR count). The first-order chi connectivity index (χ1) is 10.00. The lowest BCUT2D eigenvalue weighted by Crippen LogP contribution is -2.49. The number of hydrogen-bond acceptors (Lipinski definition) is 4. The Morgan fingerprint density at radius 2 is 1.45 bits per heavy atom. The fourth-order valence-corrected chi connectivity index (χ4v) is 1.91. The van der Waals surface area contributed by atoms with Crippen LogP contribution in [-0.4, -0.2) is 22.6 Å². The van der Waals surface area contributed by atoms with E-state index in [-0.39, 0.29) is 11.0 Å². The predicted molar refractivity (Wildman–Crippen MR) is 95.2 cm³/mol. The topological polar surface area (TPSA) is 30.5 Å². The Morgan fingerprint density at radius 1 is 0.864 bits per heavy atom. The molecule has 2 N–H and O–H groups in total. The second-order valence-electron chi connectivity index (χ2n) is 7.74. The van der Waals surface area contributed by atoms with E-state index in [1.807, 2.05) is 37.3 Å². The Morgan fingerprint density at radius 3 is 1.86 bits per heavy atom. The van der Waals surface area contributed by atoms with Gasteiger partial charge in [0.2, 0.25) is 0 Å². The van der Waals surface area contributed by atoms with Gasteiger partial charge in [-0.2, -0.15) is 0 Å². The van der Waals surface area contributed by atoms with Gasteiger partial charge in [0.15, 0.2) is 0 Å². The molecule has 0 aromatic carbocycles. The molecule has 2 heterocycles. The molecular weight excluding hydrogens is 272 g/mol. The normalized spacial score (nSPS) is 17.8. The van der Waals surface area contributed by atoms with Gasteiger partial charge >= 0.3 is 0 Å². The molecule has 2 aliphatic rings.